The Morgan fingerprint density at radius 2 is 1.91 bits per heavy atom. The van der Waals surface area contributed by atoms with Gasteiger partial charge >= 0.3 is 6.09 Å². The quantitative estimate of drug-likeness (QED) is 0.868. The van der Waals surface area contributed by atoms with E-state index in [1.165, 1.54) is 12.8 Å². The molecule has 0 saturated carbocycles. The van der Waals surface area contributed by atoms with Crippen LogP contribution < -0.4 is 5.32 Å². The fourth-order valence-electron chi connectivity index (χ4n) is 2.28. The first kappa shape index (κ1) is 16.3. The molecule has 1 atom stereocenters. The lowest BCUT2D eigenvalue weighted by Gasteiger charge is -2.22. The molecule has 0 radical (unpaired) electrons. The number of hydrogen-bond acceptors (Lipinski definition) is 4. The van der Waals surface area contributed by atoms with Gasteiger partial charge in [0.1, 0.15) is 5.60 Å². The van der Waals surface area contributed by atoms with Crippen LogP contribution in [0.3, 0.4) is 0 Å². The lowest BCUT2D eigenvalue weighted by atomic mass is 10.1. The number of carbonyl (C=O) groups is 1. The second-order valence-corrected chi connectivity index (χ2v) is 6.46. The van der Waals surface area contributed by atoms with E-state index in [-0.39, 0.29) is 6.04 Å². The highest BCUT2D eigenvalue weighted by Gasteiger charge is 2.20. The highest BCUT2D eigenvalue weighted by Crippen LogP contribution is 2.14. The highest BCUT2D eigenvalue weighted by molar-refractivity contribution is 5.76. The summed E-state index contributed by atoms with van der Waals surface area (Å²) < 4.78 is 5.34. The zero-order valence-corrected chi connectivity index (χ0v) is 13.6. The lowest BCUT2D eigenvalue weighted by molar-refractivity contribution is 0.0518. The zero-order valence-electron chi connectivity index (χ0n) is 13.6. The molecule has 1 saturated heterocycles. The highest BCUT2D eigenvalue weighted by atomic mass is 16.6. The number of carbonyl (C=O) groups excluding carboxylic acids is 1. The van der Waals surface area contributed by atoms with Crippen LogP contribution in [0.4, 0.5) is 4.79 Å². The Labute approximate surface area is 132 Å². The number of ether oxygens (including phenoxy) is 1. The van der Waals surface area contributed by atoms with Gasteiger partial charge in [0.15, 0.2) is 0 Å². The van der Waals surface area contributed by atoms with Gasteiger partial charge in [-0.3, -0.25) is 5.01 Å². The van der Waals surface area contributed by atoms with Gasteiger partial charge in [0, 0.05) is 13.1 Å². The van der Waals surface area contributed by atoms with Crippen LogP contribution in [0, 0.1) is 0 Å². The van der Waals surface area contributed by atoms with Crippen molar-refractivity contribution in [2.45, 2.75) is 45.3 Å². The van der Waals surface area contributed by atoms with Gasteiger partial charge in [0.25, 0.3) is 0 Å². The fourth-order valence-corrected chi connectivity index (χ4v) is 2.28. The Morgan fingerprint density at radius 1 is 1.27 bits per heavy atom. The van der Waals surface area contributed by atoms with E-state index in [1.54, 1.807) is 6.21 Å². The van der Waals surface area contributed by atoms with E-state index < -0.39 is 11.7 Å². The van der Waals surface area contributed by atoms with Crippen LogP contribution in [-0.2, 0) is 4.74 Å². The largest absolute Gasteiger partial charge is 0.444 e. The summed E-state index contributed by atoms with van der Waals surface area (Å²) in [5.41, 5.74) is 0.466. The molecule has 22 heavy (non-hydrogen) atoms. The summed E-state index contributed by atoms with van der Waals surface area (Å²) in [5.74, 6) is 0. The standard InChI is InChI=1S/C17H25N3O2/c1-17(2,3)22-16(21)19-15(14-9-5-4-6-10-14)13-18-20-11-7-8-12-20/h4-6,9-10,13,15H,7-8,11-12H2,1-3H3,(H,19,21)/b18-13+. The molecule has 2 rings (SSSR count). The minimum absolute atomic E-state index is 0.295. The average molecular weight is 303 g/mol. The third-order valence-electron chi connectivity index (χ3n) is 3.29. The Hall–Kier alpha value is -2.04. The van der Waals surface area contributed by atoms with Gasteiger partial charge in [-0.05, 0) is 39.2 Å². The molecule has 1 aromatic rings. The van der Waals surface area contributed by atoms with Crippen LogP contribution in [0.15, 0.2) is 35.4 Å². The summed E-state index contributed by atoms with van der Waals surface area (Å²) in [7, 11) is 0. The van der Waals surface area contributed by atoms with Gasteiger partial charge in [-0.2, -0.15) is 5.10 Å². The predicted molar refractivity (Wildman–Crippen MR) is 87.9 cm³/mol. The van der Waals surface area contributed by atoms with Gasteiger partial charge in [-0.1, -0.05) is 30.3 Å². The van der Waals surface area contributed by atoms with Crippen LogP contribution in [-0.4, -0.2) is 36.0 Å². The van der Waals surface area contributed by atoms with Crippen LogP contribution in [0.2, 0.25) is 0 Å². The number of benzene rings is 1. The van der Waals surface area contributed by atoms with Crippen molar-refractivity contribution >= 4 is 12.3 Å². The first-order chi connectivity index (χ1) is 10.4. The van der Waals surface area contributed by atoms with Gasteiger partial charge in [0.2, 0.25) is 0 Å². The number of hydrogen-bond donors (Lipinski definition) is 1. The Bertz CT molecular complexity index is 502. The second kappa shape index (κ2) is 7.29. The van der Waals surface area contributed by atoms with Gasteiger partial charge < -0.3 is 10.1 Å². The first-order valence-electron chi connectivity index (χ1n) is 7.77. The SMILES string of the molecule is CC(C)(C)OC(=O)NC(/C=N/N1CCCC1)c1ccccc1. The van der Waals surface area contributed by atoms with Crippen molar-refractivity contribution in [3.8, 4) is 0 Å². The number of nitrogens with one attached hydrogen (secondary N) is 1. The van der Waals surface area contributed by atoms with Crippen molar-refractivity contribution in [1.82, 2.24) is 10.3 Å². The number of nitrogens with zero attached hydrogens (tertiary/aromatic N) is 2. The summed E-state index contributed by atoms with van der Waals surface area (Å²) >= 11 is 0. The van der Waals surface area contributed by atoms with Crippen LogP contribution in [0.1, 0.15) is 45.2 Å². The van der Waals surface area contributed by atoms with E-state index >= 15 is 0 Å². The van der Waals surface area contributed by atoms with E-state index in [4.69, 9.17) is 4.74 Å². The molecule has 0 spiro atoms. The van der Waals surface area contributed by atoms with E-state index in [0.717, 1.165) is 18.7 Å². The van der Waals surface area contributed by atoms with Gasteiger partial charge in [0.05, 0.1) is 12.3 Å². The minimum atomic E-state index is -0.516. The first-order valence-corrected chi connectivity index (χ1v) is 7.77. The summed E-state index contributed by atoms with van der Waals surface area (Å²) in [6, 6.07) is 9.49. The molecular weight excluding hydrogens is 278 g/mol. The van der Waals surface area contributed by atoms with Crippen LogP contribution in [0.25, 0.3) is 0 Å². The normalized spacial score (nSPS) is 16.8. The summed E-state index contributed by atoms with van der Waals surface area (Å²) in [6.45, 7) is 7.50. The van der Waals surface area contributed by atoms with E-state index in [1.807, 2.05) is 56.1 Å². The Kier molecular flexibility index (Phi) is 5.41. The summed E-state index contributed by atoms with van der Waals surface area (Å²) in [6.07, 6.45) is 3.69. The topological polar surface area (TPSA) is 53.9 Å². The smallest absolute Gasteiger partial charge is 0.408 e. The Balaban J connectivity index is 2.06. The lowest BCUT2D eigenvalue weighted by Crippen LogP contribution is -2.35. The molecule has 1 unspecified atom stereocenters. The number of alkyl carbamates (subject to hydrolysis) is 1. The molecule has 1 amide bonds. The van der Waals surface area contributed by atoms with Crippen LogP contribution in [0.5, 0.6) is 0 Å². The molecule has 5 heteroatoms. The van der Waals surface area contributed by atoms with E-state index in [9.17, 15) is 4.79 Å². The maximum Gasteiger partial charge on any atom is 0.408 e. The van der Waals surface area contributed by atoms with E-state index in [2.05, 4.69) is 10.4 Å². The second-order valence-electron chi connectivity index (χ2n) is 6.46. The maximum absolute atomic E-state index is 12.0. The van der Waals surface area contributed by atoms with Crippen molar-refractivity contribution in [2.75, 3.05) is 13.1 Å². The number of rotatable bonds is 4. The van der Waals surface area contributed by atoms with Crippen LogP contribution >= 0.6 is 0 Å². The third kappa shape index (κ3) is 5.39. The Morgan fingerprint density at radius 3 is 2.50 bits per heavy atom. The van der Waals surface area contributed by atoms with Gasteiger partial charge in [-0.25, -0.2) is 4.79 Å². The van der Waals surface area contributed by atoms with Crippen molar-refractivity contribution in [2.24, 2.45) is 5.10 Å². The molecule has 1 fully saturated rings. The molecule has 120 valence electrons. The zero-order chi connectivity index (χ0) is 16.0. The number of amides is 1. The van der Waals surface area contributed by atoms with Crippen molar-refractivity contribution in [3.05, 3.63) is 35.9 Å². The third-order valence-corrected chi connectivity index (χ3v) is 3.29. The van der Waals surface area contributed by atoms with E-state index in [0.29, 0.717) is 0 Å². The van der Waals surface area contributed by atoms with Crippen molar-refractivity contribution in [1.29, 1.82) is 0 Å². The summed E-state index contributed by atoms with van der Waals surface area (Å²) in [4.78, 5) is 12.0. The predicted octanol–water partition coefficient (Wildman–Crippen LogP) is 3.33. The minimum Gasteiger partial charge on any atom is -0.444 e. The molecule has 0 bridgehead atoms. The molecule has 1 heterocycles. The maximum atomic E-state index is 12.0. The average Bonchev–Trinajstić information content (AvgIpc) is 2.95. The molecule has 1 aromatic carbocycles. The molecule has 5 nitrogen and oxygen atoms in total. The van der Waals surface area contributed by atoms with Gasteiger partial charge in [-0.15, -0.1) is 0 Å². The molecule has 0 aliphatic carbocycles. The molecule has 1 N–H and O–H groups in total. The number of hydrazone groups is 1. The molecule has 0 aromatic heterocycles. The fraction of sp³-hybridized carbons (Fsp3) is 0.529. The molecule has 1 aliphatic heterocycles. The van der Waals surface area contributed by atoms with Crippen molar-refractivity contribution in [3.63, 3.8) is 0 Å². The molecular formula is C17H25N3O2. The van der Waals surface area contributed by atoms with Crippen molar-refractivity contribution < 1.29 is 9.53 Å². The monoisotopic (exact) mass is 303 g/mol. The summed E-state index contributed by atoms with van der Waals surface area (Å²) in [5, 5.41) is 9.40. The molecule has 1 aliphatic rings.